The summed E-state index contributed by atoms with van der Waals surface area (Å²) in [5.74, 6) is 0.267. The zero-order valence-electron chi connectivity index (χ0n) is 14.8. The number of hydrogen-bond donors (Lipinski definition) is 3. The van der Waals surface area contributed by atoms with E-state index in [0.717, 1.165) is 32.1 Å². The van der Waals surface area contributed by atoms with Gasteiger partial charge in [0.15, 0.2) is 0 Å². The van der Waals surface area contributed by atoms with E-state index in [1.54, 1.807) is 0 Å². The van der Waals surface area contributed by atoms with E-state index in [-0.39, 0.29) is 35.0 Å². The van der Waals surface area contributed by atoms with Gasteiger partial charge in [0.1, 0.15) is 0 Å². The Labute approximate surface area is 130 Å². The van der Waals surface area contributed by atoms with Crippen LogP contribution in [0.2, 0.25) is 0 Å². The van der Waals surface area contributed by atoms with E-state index in [1.165, 1.54) is 0 Å². The van der Waals surface area contributed by atoms with Gasteiger partial charge in [-0.2, -0.15) is 0 Å². The Bertz CT molecular complexity index is 334. The van der Waals surface area contributed by atoms with Crippen molar-refractivity contribution in [1.82, 2.24) is 10.6 Å². The molecule has 0 bridgehead atoms. The van der Waals surface area contributed by atoms with Crippen LogP contribution in [0, 0.1) is 5.92 Å². The van der Waals surface area contributed by atoms with E-state index in [0.29, 0.717) is 0 Å². The molecule has 1 heterocycles. The minimum absolute atomic E-state index is 0.0674. The summed E-state index contributed by atoms with van der Waals surface area (Å²) in [6.07, 6.45) is 4.90. The maximum Gasteiger partial charge on any atom is 0.223 e. The minimum atomic E-state index is 0.0674. The Balaban J connectivity index is 2.46. The number of nitrogens with one attached hydrogen (secondary N) is 2. The molecule has 0 radical (unpaired) electrons. The first-order valence-corrected chi connectivity index (χ1v) is 8.36. The number of carbonyl (C=O) groups excluding carboxylic acids is 1. The molecule has 4 N–H and O–H groups in total. The third kappa shape index (κ3) is 6.79. The van der Waals surface area contributed by atoms with Crippen LogP contribution >= 0.6 is 0 Å². The van der Waals surface area contributed by atoms with E-state index in [9.17, 15) is 4.79 Å². The Kier molecular flexibility index (Phi) is 6.23. The molecule has 0 spiro atoms. The van der Waals surface area contributed by atoms with Crippen molar-refractivity contribution in [3.05, 3.63) is 0 Å². The second-order valence-corrected chi connectivity index (χ2v) is 8.32. The van der Waals surface area contributed by atoms with Gasteiger partial charge in [-0.15, -0.1) is 0 Å². The van der Waals surface area contributed by atoms with Gasteiger partial charge in [0.05, 0.1) is 0 Å². The molecule has 0 aromatic heterocycles. The molecule has 1 aliphatic rings. The van der Waals surface area contributed by atoms with Crippen LogP contribution in [-0.4, -0.2) is 29.1 Å². The normalized spacial score (nSPS) is 24.3. The summed E-state index contributed by atoms with van der Waals surface area (Å²) in [7, 11) is 0. The first-order chi connectivity index (χ1) is 9.51. The van der Waals surface area contributed by atoms with Crippen molar-refractivity contribution in [3.8, 4) is 0 Å². The SMILES string of the molecule is CC(N)CCCC(C)C(=O)NC1CC(C)(C)NC(C)(C)C1. The number of hydrogen-bond acceptors (Lipinski definition) is 3. The lowest BCUT2D eigenvalue weighted by atomic mass is 9.79. The van der Waals surface area contributed by atoms with Crippen molar-refractivity contribution in [2.45, 2.75) is 96.8 Å². The third-order valence-corrected chi connectivity index (χ3v) is 4.28. The first kappa shape index (κ1) is 18.4. The van der Waals surface area contributed by atoms with Gasteiger partial charge in [0.25, 0.3) is 0 Å². The van der Waals surface area contributed by atoms with Crippen molar-refractivity contribution in [2.24, 2.45) is 11.7 Å². The van der Waals surface area contributed by atoms with Crippen molar-refractivity contribution in [3.63, 3.8) is 0 Å². The molecule has 1 amide bonds. The van der Waals surface area contributed by atoms with Gasteiger partial charge in [0.2, 0.25) is 5.91 Å². The van der Waals surface area contributed by atoms with Crippen molar-refractivity contribution >= 4 is 5.91 Å². The number of nitrogens with two attached hydrogens (primary N) is 1. The van der Waals surface area contributed by atoms with Gasteiger partial charge in [-0.1, -0.05) is 13.3 Å². The lowest BCUT2D eigenvalue weighted by molar-refractivity contribution is -0.126. The molecule has 1 saturated heterocycles. The van der Waals surface area contributed by atoms with Gasteiger partial charge in [-0.05, 0) is 60.3 Å². The molecule has 0 aromatic carbocycles. The molecule has 0 aromatic rings. The van der Waals surface area contributed by atoms with Crippen LogP contribution in [-0.2, 0) is 4.79 Å². The quantitative estimate of drug-likeness (QED) is 0.706. The molecule has 4 nitrogen and oxygen atoms in total. The monoisotopic (exact) mass is 297 g/mol. The highest BCUT2D eigenvalue weighted by atomic mass is 16.1. The Morgan fingerprint density at radius 1 is 1.19 bits per heavy atom. The van der Waals surface area contributed by atoms with Crippen LogP contribution in [0.15, 0.2) is 0 Å². The van der Waals surface area contributed by atoms with Crippen molar-refractivity contribution in [1.29, 1.82) is 0 Å². The van der Waals surface area contributed by atoms with Crippen LogP contribution < -0.4 is 16.4 Å². The van der Waals surface area contributed by atoms with Gasteiger partial charge < -0.3 is 16.4 Å². The molecule has 21 heavy (non-hydrogen) atoms. The van der Waals surface area contributed by atoms with E-state index in [4.69, 9.17) is 5.73 Å². The standard InChI is InChI=1S/C17H35N3O/c1-12(8-7-9-13(2)18)15(21)19-14-10-16(3,4)20-17(5,6)11-14/h12-14,20H,7-11,18H2,1-6H3,(H,19,21). The fourth-order valence-corrected chi connectivity index (χ4v) is 3.64. The molecule has 1 rings (SSSR count). The molecule has 2 atom stereocenters. The second kappa shape index (κ2) is 7.10. The number of carbonyl (C=O) groups is 1. The maximum atomic E-state index is 12.3. The molecule has 2 unspecified atom stereocenters. The fraction of sp³-hybridized carbons (Fsp3) is 0.941. The van der Waals surface area contributed by atoms with Gasteiger partial charge in [-0.3, -0.25) is 4.79 Å². The predicted molar refractivity (Wildman–Crippen MR) is 89.1 cm³/mol. The average molecular weight is 297 g/mol. The van der Waals surface area contributed by atoms with Gasteiger partial charge >= 0.3 is 0 Å². The molecule has 1 aliphatic heterocycles. The largest absolute Gasteiger partial charge is 0.353 e. The average Bonchev–Trinajstić information content (AvgIpc) is 2.23. The minimum Gasteiger partial charge on any atom is -0.353 e. The lowest BCUT2D eigenvalue weighted by Gasteiger charge is -2.46. The molecular formula is C17H35N3O. The first-order valence-electron chi connectivity index (χ1n) is 8.36. The third-order valence-electron chi connectivity index (χ3n) is 4.28. The Morgan fingerprint density at radius 3 is 2.19 bits per heavy atom. The van der Waals surface area contributed by atoms with Crippen LogP contribution in [0.5, 0.6) is 0 Å². The topological polar surface area (TPSA) is 67.2 Å². The van der Waals surface area contributed by atoms with E-state index in [1.807, 2.05) is 13.8 Å². The van der Waals surface area contributed by atoms with Gasteiger partial charge in [-0.25, -0.2) is 0 Å². The molecule has 4 heteroatoms. The Hall–Kier alpha value is -0.610. The number of piperidine rings is 1. The molecule has 0 saturated carbocycles. The smallest absolute Gasteiger partial charge is 0.223 e. The van der Waals surface area contributed by atoms with Crippen molar-refractivity contribution in [2.75, 3.05) is 0 Å². The summed E-state index contributed by atoms with van der Waals surface area (Å²) in [4.78, 5) is 12.3. The highest BCUT2D eigenvalue weighted by Gasteiger charge is 2.38. The van der Waals surface area contributed by atoms with Crippen LogP contribution in [0.25, 0.3) is 0 Å². The summed E-state index contributed by atoms with van der Waals surface area (Å²) >= 11 is 0. The zero-order chi connectivity index (χ0) is 16.3. The fourth-order valence-electron chi connectivity index (χ4n) is 3.64. The molecule has 124 valence electrons. The van der Waals surface area contributed by atoms with Crippen molar-refractivity contribution < 1.29 is 4.79 Å². The van der Waals surface area contributed by atoms with Gasteiger partial charge in [0, 0.05) is 29.1 Å². The summed E-state index contributed by atoms with van der Waals surface area (Å²) in [6.45, 7) is 12.9. The highest BCUT2D eigenvalue weighted by molar-refractivity contribution is 5.78. The predicted octanol–water partition coefficient (Wildman–Crippen LogP) is 2.57. The highest BCUT2D eigenvalue weighted by Crippen LogP contribution is 2.28. The second-order valence-electron chi connectivity index (χ2n) is 8.32. The van der Waals surface area contributed by atoms with E-state index < -0.39 is 0 Å². The summed E-state index contributed by atoms with van der Waals surface area (Å²) < 4.78 is 0. The summed E-state index contributed by atoms with van der Waals surface area (Å²) in [6, 6.07) is 0.492. The molecule has 0 aliphatic carbocycles. The molecular weight excluding hydrogens is 262 g/mol. The Morgan fingerprint density at radius 2 is 1.71 bits per heavy atom. The maximum absolute atomic E-state index is 12.3. The summed E-state index contributed by atoms with van der Waals surface area (Å²) in [5, 5.41) is 6.90. The molecule has 1 fully saturated rings. The lowest BCUT2D eigenvalue weighted by Crippen LogP contribution is -2.62. The summed E-state index contributed by atoms with van der Waals surface area (Å²) in [5.41, 5.74) is 5.89. The number of rotatable bonds is 6. The van der Waals surface area contributed by atoms with E-state index in [2.05, 4.69) is 38.3 Å². The van der Waals surface area contributed by atoms with E-state index >= 15 is 0 Å². The van der Waals surface area contributed by atoms with Crippen LogP contribution in [0.4, 0.5) is 0 Å². The zero-order valence-corrected chi connectivity index (χ0v) is 14.8. The van der Waals surface area contributed by atoms with Crippen LogP contribution in [0.3, 0.4) is 0 Å². The van der Waals surface area contributed by atoms with Crippen LogP contribution in [0.1, 0.15) is 73.6 Å². The number of amides is 1.